The van der Waals surface area contributed by atoms with E-state index in [-0.39, 0.29) is 5.91 Å². The van der Waals surface area contributed by atoms with Crippen molar-refractivity contribution in [1.82, 2.24) is 10.2 Å². The Morgan fingerprint density at radius 3 is 2.77 bits per heavy atom. The van der Waals surface area contributed by atoms with E-state index in [2.05, 4.69) is 12.2 Å². The summed E-state index contributed by atoms with van der Waals surface area (Å²) in [5, 5.41) is 3.26. The van der Waals surface area contributed by atoms with Gasteiger partial charge in [0.25, 0.3) is 0 Å². The van der Waals surface area contributed by atoms with Gasteiger partial charge in [-0.15, -0.1) is 0 Å². The Balaban J connectivity index is 2.59. The first-order valence-corrected chi connectivity index (χ1v) is 4.77. The lowest BCUT2D eigenvalue weighted by atomic mass is 10.2. The van der Waals surface area contributed by atoms with Gasteiger partial charge in [0.05, 0.1) is 0 Å². The van der Waals surface area contributed by atoms with Crippen molar-refractivity contribution in [3.63, 3.8) is 0 Å². The van der Waals surface area contributed by atoms with Crippen LogP contribution in [-0.2, 0) is 4.79 Å². The Kier molecular flexibility index (Phi) is 3.48. The summed E-state index contributed by atoms with van der Waals surface area (Å²) in [6, 6.07) is 0.317. The minimum absolute atomic E-state index is 0.147. The van der Waals surface area contributed by atoms with Crippen LogP contribution in [0.2, 0.25) is 0 Å². The number of amides is 1. The van der Waals surface area contributed by atoms with Crippen molar-refractivity contribution < 1.29 is 4.79 Å². The lowest BCUT2D eigenvalue weighted by Crippen LogP contribution is -2.51. The number of hydrogen-bond donors (Lipinski definition) is 1. The Labute approximate surface area is 79.8 Å². The second-order valence-electron chi connectivity index (χ2n) is 3.81. The summed E-state index contributed by atoms with van der Waals surface area (Å²) in [5.74, 6) is 0.147. The molecule has 0 saturated carbocycles. The maximum absolute atomic E-state index is 11.6. The number of hydrogen-bond acceptors (Lipinski definition) is 2. The van der Waals surface area contributed by atoms with E-state index in [4.69, 9.17) is 0 Å². The van der Waals surface area contributed by atoms with Crippen LogP contribution in [0.25, 0.3) is 0 Å². The number of carbonyl (C=O) groups is 1. The van der Waals surface area contributed by atoms with Gasteiger partial charge in [-0.05, 0) is 20.8 Å². The first kappa shape index (κ1) is 10.3. The normalized spacial score (nSPS) is 22.7. The fraction of sp³-hybridized carbons (Fsp3) is 0.700. The van der Waals surface area contributed by atoms with E-state index < -0.39 is 0 Å². The van der Waals surface area contributed by atoms with E-state index in [1.807, 2.05) is 18.7 Å². The molecule has 1 amide bonds. The van der Waals surface area contributed by atoms with Gasteiger partial charge < -0.3 is 10.2 Å². The molecule has 1 N–H and O–H groups in total. The third kappa shape index (κ3) is 2.84. The van der Waals surface area contributed by atoms with Crippen LogP contribution in [0, 0.1) is 0 Å². The summed E-state index contributed by atoms with van der Waals surface area (Å²) >= 11 is 0. The summed E-state index contributed by atoms with van der Waals surface area (Å²) in [5.41, 5.74) is 1.07. The van der Waals surface area contributed by atoms with Gasteiger partial charge in [0.2, 0.25) is 5.91 Å². The molecule has 0 aromatic rings. The number of nitrogens with zero attached hydrogens (tertiary/aromatic N) is 1. The van der Waals surface area contributed by atoms with Crippen LogP contribution < -0.4 is 5.32 Å². The Hall–Kier alpha value is -0.830. The molecule has 0 unspecified atom stereocenters. The summed E-state index contributed by atoms with van der Waals surface area (Å²) in [7, 11) is 0. The number of piperazine rings is 1. The molecule has 1 atom stereocenters. The maximum Gasteiger partial charge on any atom is 0.246 e. The van der Waals surface area contributed by atoms with Crippen molar-refractivity contribution in [3.8, 4) is 0 Å². The first-order valence-electron chi connectivity index (χ1n) is 4.77. The van der Waals surface area contributed by atoms with Crippen LogP contribution in [0.15, 0.2) is 11.6 Å². The minimum atomic E-state index is 0.147. The maximum atomic E-state index is 11.6. The van der Waals surface area contributed by atoms with Gasteiger partial charge in [-0.2, -0.15) is 0 Å². The van der Waals surface area contributed by atoms with Crippen LogP contribution in [0.1, 0.15) is 20.8 Å². The molecule has 0 aromatic carbocycles. The molecule has 74 valence electrons. The van der Waals surface area contributed by atoms with Crippen molar-refractivity contribution >= 4 is 5.91 Å². The molecule has 1 rings (SSSR count). The Morgan fingerprint density at radius 2 is 2.23 bits per heavy atom. The molecule has 0 aliphatic carbocycles. The zero-order valence-corrected chi connectivity index (χ0v) is 8.63. The summed E-state index contributed by atoms with van der Waals surface area (Å²) in [6.07, 6.45) is 1.71. The molecule has 13 heavy (non-hydrogen) atoms. The van der Waals surface area contributed by atoms with Crippen molar-refractivity contribution in [2.24, 2.45) is 0 Å². The monoisotopic (exact) mass is 182 g/mol. The number of nitrogens with one attached hydrogen (secondary N) is 1. The predicted molar refractivity (Wildman–Crippen MR) is 53.5 cm³/mol. The molecule has 1 aliphatic rings. The van der Waals surface area contributed by atoms with E-state index in [9.17, 15) is 4.79 Å². The predicted octanol–water partition coefficient (Wildman–Crippen LogP) is 0.773. The van der Waals surface area contributed by atoms with E-state index in [1.165, 1.54) is 0 Å². The molecule has 0 bridgehead atoms. The number of rotatable bonds is 1. The van der Waals surface area contributed by atoms with Gasteiger partial charge in [-0.25, -0.2) is 0 Å². The largest absolute Gasteiger partial charge is 0.334 e. The Bertz CT molecular complexity index is 219. The van der Waals surface area contributed by atoms with E-state index >= 15 is 0 Å². The quantitative estimate of drug-likeness (QED) is 0.608. The standard InChI is InChI=1S/C10H18N2O/c1-8(2)6-10(13)12-5-4-11-7-9(12)3/h6,9,11H,4-5,7H2,1-3H3/t9-/m1/s1. The average Bonchev–Trinajstić information content (AvgIpc) is 2.03. The molecule has 1 heterocycles. The summed E-state index contributed by atoms with van der Waals surface area (Å²) in [6.45, 7) is 8.61. The highest BCUT2D eigenvalue weighted by atomic mass is 16.2. The van der Waals surface area contributed by atoms with Gasteiger partial charge in [-0.3, -0.25) is 4.79 Å². The van der Waals surface area contributed by atoms with Crippen molar-refractivity contribution in [1.29, 1.82) is 0 Å². The zero-order chi connectivity index (χ0) is 9.84. The van der Waals surface area contributed by atoms with E-state index in [0.29, 0.717) is 6.04 Å². The lowest BCUT2D eigenvalue weighted by Gasteiger charge is -2.33. The van der Waals surface area contributed by atoms with E-state index in [0.717, 1.165) is 25.2 Å². The first-order chi connectivity index (χ1) is 6.11. The summed E-state index contributed by atoms with van der Waals surface area (Å²) < 4.78 is 0. The molecule has 0 spiro atoms. The number of allylic oxidation sites excluding steroid dienone is 1. The molecule has 1 saturated heterocycles. The fourth-order valence-corrected chi connectivity index (χ4v) is 1.50. The van der Waals surface area contributed by atoms with Crippen molar-refractivity contribution in [2.75, 3.05) is 19.6 Å². The molecular weight excluding hydrogens is 164 g/mol. The second-order valence-corrected chi connectivity index (χ2v) is 3.81. The minimum Gasteiger partial charge on any atom is -0.334 e. The third-order valence-electron chi connectivity index (χ3n) is 2.20. The highest BCUT2D eigenvalue weighted by Gasteiger charge is 2.20. The molecular formula is C10H18N2O. The molecule has 1 aliphatic heterocycles. The summed E-state index contributed by atoms with van der Waals surface area (Å²) in [4.78, 5) is 13.6. The van der Waals surface area contributed by atoms with Crippen LogP contribution in [-0.4, -0.2) is 36.5 Å². The fourth-order valence-electron chi connectivity index (χ4n) is 1.50. The topological polar surface area (TPSA) is 32.3 Å². The molecule has 3 heteroatoms. The molecule has 0 radical (unpaired) electrons. The van der Waals surface area contributed by atoms with E-state index in [1.54, 1.807) is 6.08 Å². The van der Waals surface area contributed by atoms with Crippen molar-refractivity contribution in [2.45, 2.75) is 26.8 Å². The van der Waals surface area contributed by atoms with Crippen LogP contribution >= 0.6 is 0 Å². The van der Waals surface area contributed by atoms with Gasteiger partial charge in [0, 0.05) is 31.8 Å². The zero-order valence-electron chi connectivity index (χ0n) is 8.63. The number of carbonyl (C=O) groups excluding carboxylic acids is 1. The van der Waals surface area contributed by atoms with Crippen LogP contribution in [0.5, 0.6) is 0 Å². The molecule has 1 fully saturated rings. The van der Waals surface area contributed by atoms with Gasteiger partial charge >= 0.3 is 0 Å². The molecule has 3 nitrogen and oxygen atoms in total. The van der Waals surface area contributed by atoms with Crippen LogP contribution in [0.3, 0.4) is 0 Å². The van der Waals surface area contributed by atoms with Gasteiger partial charge in [0.15, 0.2) is 0 Å². The average molecular weight is 182 g/mol. The Morgan fingerprint density at radius 1 is 1.54 bits per heavy atom. The second kappa shape index (κ2) is 4.42. The van der Waals surface area contributed by atoms with Gasteiger partial charge in [0.1, 0.15) is 0 Å². The molecule has 0 aromatic heterocycles. The van der Waals surface area contributed by atoms with Gasteiger partial charge in [-0.1, -0.05) is 5.57 Å². The van der Waals surface area contributed by atoms with Crippen LogP contribution in [0.4, 0.5) is 0 Å². The third-order valence-corrected chi connectivity index (χ3v) is 2.20. The highest BCUT2D eigenvalue weighted by Crippen LogP contribution is 2.04. The smallest absolute Gasteiger partial charge is 0.246 e. The highest BCUT2D eigenvalue weighted by molar-refractivity contribution is 5.88. The lowest BCUT2D eigenvalue weighted by molar-refractivity contribution is -0.128. The van der Waals surface area contributed by atoms with Crippen molar-refractivity contribution in [3.05, 3.63) is 11.6 Å². The SMILES string of the molecule is CC(C)=CC(=O)N1CCNC[C@H]1C.